The Bertz CT molecular complexity index is 647. The van der Waals surface area contributed by atoms with Gasteiger partial charge < -0.3 is 5.32 Å². The summed E-state index contributed by atoms with van der Waals surface area (Å²) in [4.78, 5) is 16.4. The predicted octanol–water partition coefficient (Wildman–Crippen LogP) is 4.02. The number of hydrogen-bond donors (Lipinski definition) is 1. The van der Waals surface area contributed by atoms with E-state index in [-0.39, 0.29) is 5.91 Å². The summed E-state index contributed by atoms with van der Waals surface area (Å²) in [5.41, 5.74) is 3.81. The Morgan fingerprint density at radius 2 is 2.04 bits per heavy atom. The van der Waals surface area contributed by atoms with Gasteiger partial charge >= 0.3 is 0 Å². The first-order valence-electron chi connectivity index (χ1n) is 8.94. The summed E-state index contributed by atoms with van der Waals surface area (Å²) in [5, 5.41) is 3.09. The van der Waals surface area contributed by atoms with Crippen LogP contribution in [0, 0.1) is 12.8 Å². The number of carbonyl (C=O) groups excluding carboxylic acids is 1. The van der Waals surface area contributed by atoms with Crippen molar-refractivity contribution in [3.05, 3.63) is 65.5 Å². The number of rotatable bonds is 8. The van der Waals surface area contributed by atoms with Crippen LogP contribution in [0.2, 0.25) is 0 Å². The van der Waals surface area contributed by atoms with Crippen LogP contribution in [-0.2, 0) is 11.2 Å². The number of pyridine rings is 1. The molecule has 1 amide bonds. The van der Waals surface area contributed by atoms with Gasteiger partial charge in [-0.25, -0.2) is 0 Å². The topological polar surface area (TPSA) is 42.0 Å². The van der Waals surface area contributed by atoms with Crippen molar-refractivity contribution in [3.63, 3.8) is 0 Å². The molecule has 3 nitrogen and oxygen atoms in total. The third kappa shape index (κ3) is 4.92. The average molecular weight is 322 g/mol. The van der Waals surface area contributed by atoms with E-state index >= 15 is 0 Å². The van der Waals surface area contributed by atoms with Crippen LogP contribution < -0.4 is 5.32 Å². The lowest BCUT2D eigenvalue weighted by Gasteiger charge is -2.17. The predicted molar refractivity (Wildman–Crippen MR) is 96.8 cm³/mol. The molecule has 3 heteroatoms. The highest BCUT2D eigenvalue weighted by atomic mass is 16.1. The molecule has 24 heavy (non-hydrogen) atoms. The second kappa shape index (κ2) is 8.09. The molecule has 1 aromatic heterocycles. The van der Waals surface area contributed by atoms with Gasteiger partial charge in [0.25, 0.3) is 0 Å². The molecule has 2 aromatic rings. The third-order valence-electron chi connectivity index (χ3n) is 4.79. The second-order valence-corrected chi connectivity index (χ2v) is 6.87. The lowest BCUT2D eigenvalue weighted by molar-refractivity contribution is -0.121. The molecule has 1 heterocycles. The van der Waals surface area contributed by atoms with Crippen LogP contribution in [0.5, 0.6) is 0 Å². The summed E-state index contributed by atoms with van der Waals surface area (Å²) in [6.45, 7) is 2.84. The first-order valence-corrected chi connectivity index (χ1v) is 8.94. The largest absolute Gasteiger partial charge is 0.356 e. The molecule has 3 rings (SSSR count). The van der Waals surface area contributed by atoms with Crippen LogP contribution in [0.1, 0.15) is 48.3 Å². The van der Waals surface area contributed by atoms with E-state index in [1.807, 2.05) is 12.3 Å². The lowest BCUT2D eigenvalue weighted by Crippen LogP contribution is -2.26. The number of aromatic nitrogens is 1. The van der Waals surface area contributed by atoms with E-state index in [0.717, 1.165) is 19.4 Å². The molecule has 1 aromatic carbocycles. The van der Waals surface area contributed by atoms with Crippen LogP contribution >= 0.6 is 0 Å². The van der Waals surface area contributed by atoms with Gasteiger partial charge in [-0.1, -0.05) is 35.9 Å². The molecule has 1 fully saturated rings. The molecule has 1 aliphatic carbocycles. The molecule has 0 bridgehead atoms. The number of benzene rings is 1. The fourth-order valence-corrected chi connectivity index (χ4v) is 3.21. The minimum absolute atomic E-state index is 0.179. The van der Waals surface area contributed by atoms with E-state index in [0.29, 0.717) is 18.3 Å². The highest BCUT2D eigenvalue weighted by Gasteiger charge is 2.33. The zero-order valence-electron chi connectivity index (χ0n) is 14.4. The number of aryl methyl sites for hydroxylation is 2. The zero-order chi connectivity index (χ0) is 16.8. The van der Waals surface area contributed by atoms with Crippen molar-refractivity contribution in [2.24, 2.45) is 5.92 Å². The summed E-state index contributed by atoms with van der Waals surface area (Å²) in [5.74, 6) is 1.25. The van der Waals surface area contributed by atoms with E-state index in [2.05, 4.69) is 47.6 Å². The van der Waals surface area contributed by atoms with Crippen LogP contribution in [-0.4, -0.2) is 17.4 Å². The summed E-state index contributed by atoms with van der Waals surface area (Å²) in [6, 6.07) is 12.7. The van der Waals surface area contributed by atoms with Crippen LogP contribution in [0.4, 0.5) is 0 Å². The number of nitrogens with zero attached hydrogens (tertiary/aromatic N) is 1. The maximum absolute atomic E-state index is 12.3. The Morgan fingerprint density at radius 1 is 1.25 bits per heavy atom. The van der Waals surface area contributed by atoms with Crippen molar-refractivity contribution in [2.75, 3.05) is 6.54 Å². The fraction of sp³-hybridized carbons (Fsp3) is 0.429. The van der Waals surface area contributed by atoms with Gasteiger partial charge in [0.15, 0.2) is 0 Å². The molecule has 1 saturated carbocycles. The molecular formula is C21H26N2O. The summed E-state index contributed by atoms with van der Waals surface area (Å²) in [6.07, 6.45) is 8.71. The van der Waals surface area contributed by atoms with Gasteiger partial charge in [0.2, 0.25) is 5.91 Å². The minimum atomic E-state index is 0.179. The zero-order valence-corrected chi connectivity index (χ0v) is 14.4. The van der Waals surface area contributed by atoms with E-state index in [4.69, 9.17) is 0 Å². The normalized spacial score (nSPS) is 15.0. The van der Waals surface area contributed by atoms with Gasteiger partial charge in [0.1, 0.15) is 0 Å². The van der Waals surface area contributed by atoms with Gasteiger partial charge in [-0.2, -0.15) is 0 Å². The Kier molecular flexibility index (Phi) is 5.63. The Labute approximate surface area is 144 Å². The van der Waals surface area contributed by atoms with Crippen LogP contribution in [0.15, 0.2) is 48.8 Å². The first-order chi connectivity index (χ1) is 11.7. The van der Waals surface area contributed by atoms with E-state index < -0.39 is 0 Å². The van der Waals surface area contributed by atoms with Gasteiger partial charge in [0.05, 0.1) is 0 Å². The first kappa shape index (κ1) is 16.7. The van der Waals surface area contributed by atoms with Crippen molar-refractivity contribution >= 4 is 5.91 Å². The van der Waals surface area contributed by atoms with Crippen molar-refractivity contribution < 1.29 is 4.79 Å². The average Bonchev–Trinajstić information content (AvgIpc) is 3.43. The monoisotopic (exact) mass is 322 g/mol. The van der Waals surface area contributed by atoms with Crippen molar-refractivity contribution in [3.8, 4) is 0 Å². The molecule has 0 saturated heterocycles. The maximum atomic E-state index is 12.3. The highest BCUT2D eigenvalue weighted by Crippen LogP contribution is 2.44. The van der Waals surface area contributed by atoms with Crippen molar-refractivity contribution in [1.82, 2.24) is 10.3 Å². The van der Waals surface area contributed by atoms with Gasteiger partial charge in [-0.3, -0.25) is 9.78 Å². The molecular weight excluding hydrogens is 296 g/mol. The Morgan fingerprint density at radius 3 is 2.71 bits per heavy atom. The summed E-state index contributed by atoms with van der Waals surface area (Å²) >= 11 is 0. The van der Waals surface area contributed by atoms with Gasteiger partial charge in [0, 0.05) is 25.4 Å². The third-order valence-corrected chi connectivity index (χ3v) is 4.79. The van der Waals surface area contributed by atoms with E-state index in [1.165, 1.54) is 29.5 Å². The van der Waals surface area contributed by atoms with Crippen molar-refractivity contribution in [1.29, 1.82) is 0 Å². The van der Waals surface area contributed by atoms with E-state index in [9.17, 15) is 4.79 Å². The molecule has 1 unspecified atom stereocenters. The standard InChI is InChI=1S/C21H26N2O/c1-16-6-8-18(9-7-16)20(19-10-11-19)14-21(24)23-13-3-5-17-4-2-12-22-15-17/h2,4,6-9,12,15,19-20H,3,5,10-11,13-14H2,1H3,(H,23,24). The quantitative estimate of drug-likeness (QED) is 0.746. The molecule has 1 N–H and O–H groups in total. The molecule has 0 radical (unpaired) electrons. The maximum Gasteiger partial charge on any atom is 0.220 e. The Balaban J connectivity index is 1.45. The number of hydrogen-bond acceptors (Lipinski definition) is 2. The molecule has 126 valence electrons. The molecule has 1 atom stereocenters. The van der Waals surface area contributed by atoms with E-state index in [1.54, 1.807) is 6.20 Å². The molecule has 0 spiro atoms. The fourth-order valence-electron chi connectivity index (χ4n) is 3.21. The smallest absolute Gasteiger partial charge is 0.220 e. The Hall–Kier alpha value is -2.16. The van der Waals surface area contributed by atoms with Crippen LogP contribution in [0.25, 0.3) is 0 Å². The number of carbonyl (C=O) groups is 1. The molecule has 1 aliphatic rings. The second-order valence-electron chi connectivity index (χ2n) is 6.87. The SMILES string of the molecule is Cc1ccc(C(CC(=O)NCCCc2cccnc2)C2CC2)cc1. The number of nitrogens with one attached hydrogen (secondary N) is 1. The highest BCUT2D eigenvalue weighted by molar-refractivity contribution is 5.77. The van der Waals surface area contributed by atoms with Gasteiger partial charge in [-0.15, -0.1) is 0 Å². The lowest BCUT2D eigenvalue weighted by atomic mass is 9.90. The molecule has 0 aliphatic heterocycles. The minimum Gasteiger partial charge on any atom is -0.356 e. The summed E-state index contributed by atoms with van der Waals surface area (Å²) < 4.78 is 0. The number of amides is 1. The summed E-state index contributed by atoms with van der Waals surface area (Å²) in [7, 11) is 0. The van der Waals surface area contributed by atoms with Crippen molar-refractivity contribution in [2.45, 2.75) is 44.9 Å². The van der Waals surface area contributed by atoms with Gasteiger partial charge in [-0.05, 0) is 61.6 Å². The van der Waals surface area contributed by atoms with Crippen LogP contribution in [0.3, 0.4) is 0 Å².